The van der Waals surface area contributed by atoms with Gasteiger partial charge in [0.15, 0.2) is 0 Å². The van der Waals surface area contributed by atoms with Gasteiger partial charge in [-0.3, -0.25) is 0 Å². The lowest BCUT2D eigenvalue weighted by atomic mass is 10.3. The second kappa shape index (κ2) is 5.60. The Morgan fingerprint density at radius 3 is 3.06 bits per heavy atom. The van der Waals surface area contributed by atoms with E-state index in [1.165, 1.54) is 0 Å². The van der Waals surface area contributed by atoms with E-state index in [1.807, 2.05) is 18.3 Å². The third kappa shape index (κ3) is 2.84. The number of hydrogen-bond donors (Lipinski definition) is 1. The first-order chi connectivity index (χ1) is 8.72. The molecule has 0 fully saturated rings. The minimum absolute atomic E-state index is 0.600. The van der Waals surface area contributed by atoms with Crippen molar-refractivity contribution in [3.63, 3.8) is 0 Å². The van der Waals surface area contributed by atoms with E-state index in [2.05, 4.69) is 17.0 Å². The van der Waals surface area contributed by atoms with Crippen LogP contribution in [-0.2, 0) is 6.54 Å². The van der Waals surface area contributed by atoms with Gasteiger partial charge in [-0.2, -0.15) is 5.10 Å². The third-order valence-electron chi connectivity index (χ3n) is 2.49. The van der Waals surface area contributed by atoms with E-state index in [1.54, 1.807) is 30.3 Å². The Kier molecular flexibility index (Phi) is 3.89. The van der Waals surface area contributed by atoms with Crippen molar-refractivity contribution in [3.8, 4) is 5.75 Å². The van der Waals surface area contributed by atoms with Crippen LogP contribution in [0.1, 0.15) is 5.56 Å². The molecule has 0 bridgehead atoms. The van der Waals surface area contributed by atoms with Crippen LogP contribution < -0.4 is 10.1 Å². The molecule has 0 unspecified atom stereocenters. The Hall–Kier alpha value is -1.94. The van der Waals surface area contributed by atoms with Crippen molar-refractivity contribution in [2.45, 2.75) is 6.54 Å². The number of ether oxygens (including phenoxy) is 1. The van der Waals surface area contributed by atoms with Crippen molar-refractivity contribution >= 4 is 23.5 Å². The lowest BCUT2D eigenvalue weighted by Crippen LogP contribution is -1.98. The maximum atomic E-state index is 5.96. The topological polar surface area (TPSA) is 39.1 Å². The van der Waals surface area contributed by atoms with Crippen LogP contribution in [-0.4, -0.2) is 16.9 Å². The van der Waals surface area contributed by atoms with Crippen LogP contribution in [0, 0.1) is 0 Å². The van der Waals surface area contributed by atoms with Crippen molar-refractivity contribution in [1.29, 1.82) is 0 Å². The van der Waals surface area contributed by atoms with Gasteiger partial charge < -0.3 is 10.1 Å². The van der Waals surface area contributed by atoms with Crippen LogP contribution in [0.25, 0.3) is 6.20 Å². The van der Waals surface area contributed by atoms with Gasteiger partial charge in [0.2, 0.25) is 0 Å². The number of benzene rings is 1. The Morgan fingerprint density at radius 2 is 2.39 bits per heavy atom. The van der Waals surface area contributed by atoms with Crippen molar-refractivity contribution < 1.29 is 4.74 Å². The van der Waals surface area contributed by atoms with E-state index in [-0.39, 0.29) is 0 Å². The summed E-state index contributed by atoms with van der Waals surface area (Å²) in [6.07, 6.45) is 5.35. The summed E-state index contributed by atoms with van der Waals surface area (Å²) < 4.78 is 6.82. The minimum atomic E-state index is 0.600. The van der Waals surface area contributed by atoms with Crippen molar-refractivity contribution in [3.05, 3.63) is 47.8 Å². The first kappa shape index (κ1) is 12.5. The highest BCUT2D eigenvalue weighted by molar-refractivity contribution is 6.32. The largest absolute Gasteiger partial charge is 0.495 e. The molecule has 0 saturated heterocycles. The fourth-order valence-electron chi connectivity index (χ4n) is 1.54. The van der Waals surface area contributed by atoms with Gasteiger partial charge in [0, 0.05) is 36.3 Å². The summed E-state index contributed by atoms with van der Waals surface area (Å²) >= 11 is 5.96. The fourth-order valence-corrected chi connectivity index (χ4v) is 1.74. The lowest BCUT2D eigenvalue weighted by Gasteiger charge is -2.08. The molecule has 5 heteroatoms. The zero-order valence-electron chi connectivity index (χ0n) is 10.1. The quantitative estimate of drug-likeness (QED) is 0.900. The maximum Gasteiger partial charge on any atom is 0.139 e. The molecule has 0 aliphatic rings. The predicted molar refractivity (Wildman–Crippen MR) is 73.9 cm³/mol. The molecule has 1 N–H and O–H groups in total. The number of nitrogens with zero attached hydrogens (tertiary/aromatic N) is 2. The molecule has 1 heterocycles. The highest BCUT2D eigenvalue weighted by Crippen LogP contribution is 2.27. The Bertz CT molecular complexity index is 551. The smallest absolute Gasteiger partial charge is 0.139 e. The third-order valence-corrected chi connectivity index (χ3v) is 2.80. The zero-order valence-corrected chi connectivity index (χ0v) is 10.8. The number of anilines is 1. The summed E-state index contributed by atoms with van der Waals surface area (Å²) in [6, 6.07) is 5.57. The van der Waals surface area contributed by atoms with Gasteiger partial charge in [0.1, 0.15) is 5.75 Å². The van der Waals surface area contributed by atoms with Crippen LogP contribution in [0.5, 0.6) is 5.75 Å². The minimum Gasteiger partial charge on any atom is -0.495 e. The molecule has 4 nitrogen and oxygen atoms in total. The molecular weight excluding hydrogens is 250 g/mol. The molecule has 94 valence electrons. The Balaban J connectivity index is 2.03. The summed E-state index contributed by atoms with van der Waals surface area (Å²) in [5.74, 6) is 0.656. The van der Waals surface area contributed by atoms with Gasteiger partial charge in [0.05, 0.1) is 18.3 Å². The van der Waals surface area contributed by atoms with Gasteiger partial charge in [-0.05, 0) is 12.1 Å². The van der Waals surface area contributed by atoms with Crippen LogP contribution >= 0.6 is 11.6 Å². The normalized spacial score (nSPS) is 10.1. The summed E-state index contributed by atoms with van der Waals surface area (Å²) in [7, 11) is 1.60. The average molecular weight is 264 g/mol. The molecule has 0 spiro atoms. The second-order valence-corrected chi connectivity index (χ2v) is 4.12. The fraction of sp³-hybridized carbons (Fsp3) is 0.154. The van der Waals surface area contributed by atoms with Crippen molar-refractivity contribution in [2.24, 2.45) is 0 Å². The summed E-state index contributed by atoms with van der Waals surface area (Å²) in [6.45, 7) is 4.32. The summed E-state index contributed by atoms with van der Waals surface area (Å²) in [5.41, 5.74) is 2.02. The zero-order chi connectivity index (χ0) is 13.0. The first-order valence-electron chi connectivity index (χ1n) is 5.46. The van der Waals surface area contributed by atoms with Crippen LogP contribution in [0.3, 0.4) is 0 Å². The average Bonchev–Trinajstić information content (AvgIpc) is 2.86. The molecule has 0 aliphatic heterocycles. The Labute approximate surface area is 111 Å². The van der Waals surface area contributed by atoms with Gasteiger partial charge in [-0.1, -0.05) is 18.2 Å². The molecule has 2 rings (SSSR count). The number of nitrogens with one attached hydrogen (secondary N) is 1. The molecule has 1 aromatic heterocycles. The number of rotatable bonds is 5. The van der Waals surface area contributed by atoms with E-state index in [0.717, 1.165) is 11.3 Å². The SMILES string of the molecule is C=Cn1cc(CNc2ccc(Cl)c(OC)c2)cn1. The standard InChI is InChI=1S/C13H14ClN3O/c1-3-17-9-10(8-16-17)7-15-11-4-5-12(14)13(6-11)18-2/h3-6,8-9,15H,1,7H2,2H3. The van der Waals surface area contributed by atoms with Crippen LogP contribution in [0.2, 0.25) is 5.02 Å². The molecule has 0 radical (unpaired) electrons. The summed E-state index contributed by atoms with van der Waals surface area (Å²) in [4.78, 5) is 0. The first-order valence-corrected chi connectivity index (χ1v) is 5.83. The molecule has 0 aliphatic carbocycles. The van der Waals surface area contributed by atoms with Crippen LogP contribution in [0.4, 0.5) is 5.69 Å². The van der Waals surface area contributed by atoms with Crippen LogP contribution in [0.15, 0.2) is 37.2 Å². The number of aromatic nitrogens is 2. The molecule has 1 aromatic carbocycles. The monoisotopic (exact) mass is 263 g/mol. The van der Waals surface area contributed by atoms with Gasteiger partial charge in [-0.25, -0.2) is 4.68 Å². The lowest BCUT2D eigenvalue weighted by molar-refractivity contribution is 0.415. The second-order valence-electron chi connectivity index (χ2n) is 3.71. The molecule has 18 heavy (non-hydrogen) atoms. The predicted octanol–water partition coefficient (Wildman–Crippen LogP) is 3.26. The van der Waals surface area contributed by atoms with Crippen molar-refractivity contribution in [2.75, 3.05) is 12.4 Å². The summed E-state index contributed by atoms with van der Waals surface area (Å²) in [5, 5.41) is 7.98. The maximum absolute atomic E-state index is 5.96. The number of hydrogen-bond acceptors (Lipinski definition) is 3. The van der Waals surface area contributed by atoms with Crippen molar-refractivity contribution in [1.82, 2.24) is 9.78 Å². The molecule has 2 aromatic rings. The van der Waals surface area contributed by atoms with Gasteiger partial charge in [0.25, 0.3) is 0 Å². The van der Waals surface area contributed by atoms with E-state index in [0.29, 0.717) is 17.3 Å². The number of methoxy groups -OCH3 is 1. The van der Waals surface area contributed by atoms with Gasteiger partial charge in [-0.15, -0.1) is 0 Å². The van der Waals surface area contributed by atoms with E-state index in [4.69, 9.17) is 16.3 Å². The van der Waals surface area contributed by atoms with E-state index in [9.17, 15) is 0 Å². The Morgan fingerprint density at radius 1 is 1.56 bits per heavy atom. The molecular formula is C13H14ClN3O. The number of halogens is 1. The molecule has 0 amide bonds. The molecule has 0 atom stereocenters. The van der Waals surface area contributed by atoms with Gasteiger partial charge >= 0.3 is 0 Å². The van der Waals surface area contributed by atoms with E-state index >= 15 is 0 Å². The molecule has 0 saturated carbocycles. The highest BCUT2D eigenvalue weighted by Gasteiger charge is 2.02. The van der Waals surface area contributed by atoms with E-state index < -0.39 is 0 Å². The highest BCUT2D eigenvalue weighted by atomic mass is 35.5.